The van der Waals surface area contributed by atoms with Gasteiger partial charge in [-0.05, 0) is 72.1 Å². The number of ether oxygens (including phenoxy) is 2. The van der Waals surface area contributed by atoms with Crippen molar-refractivity contribution < 1.29 is 18.7 Å². The molecule has 34 heavy (non-hydrogen) atoms. The van der Waals surface area contributed by atoms with Gasteiger partial charge >= 0.3 is 0 Å². The van der Waals surface area contributed by atoms with E-state index in [1.807, 2.05) is 30.3 Å². The lowest BCUT2D eigenvalue weighted by molar-refractivity contribution is 0.0947. The molecule has 1 aromatic carbocycles. The van der Waals surface area contributed by atoms with Crippen LogP contribution in [0.2, 0.25) is 0 Å². The number of benzene rings is 1. The van der Waals surface area contributed by atoms with E-state index < -0.39 is 0 Å². The second-order valence-corrected chi connectivity index (χ2v) is 10.7. The molecule has 0 saturated carbocycles. The molecule has 0 saturated heterocycles. The Balaban J connectivity index is 1.66. The average Bonchev–Trinajstić information content (AvgIpc) is 3.47. The molecule has 0 bridgehead atoms. The van der Waals surface area contributed by atoms with Crippen molar-refractivity contribution in [3.8, 4) is 11.5 Å². The molecule has 3 aromatic rings. The summed E-state index contributed by atoms with van der Waals surface area (Å²) in [7, 11) is 3.22. The fraction of sp³-hybridized carbons (Fsp3) is 0.407. The molecule has 0 fully saturated rings. The Labute approximate surface area is 205 Å². The number of methoxy groups -OCH3 is 2. The Hall–Kier alpha value is -3.06. The van der Waals surface area contributed by atoms with Crippen LogP contribution in [0.1, 0.15) is 59.3 Å². The zero-order valence-corrected chi connectivity index (χ0v) is 21.3. The summed E-state index contributed by atoms with van der Waals surface area (Å²) in [6.45, 7) is 7.23. The van der Waals surface area contributed by atoms with Gasteiger partial charge in [-0.15, -0.1) is 11.3 Å². The van der Waals surface area contributed by atoms with Crippen molar-refractivity contribution >= 4 is 28.5 Å². The minimum absolute atomic E-state index is 0.109. The number of fused-ring (bicyclic) bond motifs is 1. The minimum atomic E-state index is -0.109. The number of amides is 1. The van der Waals surface area contributed by atoms with E-state index >= 15 is 0 Å². The SMILES string of the molecule is COc1ccc(C=Nc2sc3c(c2C(=O)NCc2ccco2)CC[C@H](C(C)(C)C)C3)cc1OC. The van der Waals surface area contributed by atoms with E-state index in [1.54, 1.807) is 38.0 Å². The number of carbonyl (C=O) groups is 1. The molecule has 0 unspecified atom stereocenters. The predicted molar refractivity (Wildman–Crippen MR) is 136 cm³/mol. The lowest BCUT2D eigenvalue weighted by Gasteiger charge is -2.33. The summed E-state index contributed by atoms with van der Waals surface area (Å²) in [5, 5.41) is 3.76. The molecule has 2 aromatic heterocycles. The van der Waals surface area contributed by atoms with Crippen molar-refractivity contribution in [3.05, 3.63) is 63.9 Å². The van der Waals surface area contributed by atoms with Gasteiger partial charge in [0.15, 0.2) is 11.5 Å². The summed E-state index contributed by atoms with van der Waals surface area (Å²) >= 11 is 1.63. The van der Waals surface area contributed by atoms with Gasteiger partial charge in [0, 0.05) is 11.1 Å². The van der Waals surface area contributed by atoms with Crippen LogP contribution < -0.4 is 14.8 Å². The van der Waals surface area contributed by atoms with Gasteiger partial charge < -0.3 is 19.2 Å². The van der Waals surface area contributed by atoms with Crippen LogP contribution in [-0.4, -0.2) is 26.3 Å². The molecule has 0 aliphatic heterocycles. The molecule has 1 aliphatic carbocycles. The quantitative estimate of drug-likeness (QED) is 0.409. The molecule has 1 N–H and O–H groups in total. The van der Waals surface area contributed by atoms with Crippen LogP contribution in [0.4, 0.5) is 5.00 Å². The minimum Gasteiger partial charge on any atom is -0.493 e. The van der Waals surface area contributed by atoms with Gasteiger partial charge in [0.25, 0.3) is 5.91 Å². The van der Waals surface area contributed by atoms with E-state index in [1.165, 1.54) is 4.88 Å². The lowest BCUT2D eigenvalue weighted by atomic mass is 9.72. The standard InChI is InChI=1S/C27H32N2O4S/c1-27(2,3)18-9-10-20-23(14-18)34-26(24(20)25(30)28-16-19-7-6-12-33-19)29-15-17-8-11-21(31-4)22(13-17)32-5/h6-8,11-13,15,18H,9-10,14,16H2,1-5H3,(H,28,30)/t18-/m0/s1. The highest BCUT2D eigenvalue weighted by Crippen LogP contribution is 2.45. The van der Waals surface area contributed by atoms with Crippen molar-refractivity contribution in [3.63, 3.8) is 0 Å². The van der Waals surface area contributed by atoms with Crippen LogP contribution in [0.3, 0.4) is 0 Å². The van der Waals surface area contributed by atoms with E-state index in [-0.39, 0.29) is 11.3 Å². The number of nitrogens with zero attached hydrogens (tertiary/aromatic N) is 1. The van der Waals surface area contributed by atoms with Gasteiger partial charge in [-0.25, -0.2) is 4.99 Å². The lowest BCUT2D eigenvalue weighted by Crippen LogP contribution is -2.28. The maximum atomic E-state index is 13.3. The first-order chi connectivity index (χ1) is 16.3. The largest absolute Gasteiger partial charge is 0.493 e. The van der Waals surface area contributed by atoms with Crippen molar-refractivity contribution in [2.75, 3.05) is 14.2 Å². The molecule has 6 nitrogen and oxygen atoms in total. The van der Waals surface area contributed by atoms with E-state index in [9.17, 15) is 4.79 Å². The highest BCUT2D eigenvalue weighted by atomic mass is 32.1. The second-order valence-electron chi connectivity index (χ2n) is 9.62. The zero-order chi connectivity index (χ0) is 24.3. The highest BCUT2D eigenvalue weighted by Gasteiger charge is 2.33. The third kappa shape index (κ3) is 5.20. The molecule has 2 heterocycles. The molecule has 4 rings (SSSR count). The molecule has 1 amide bonds. The summed E-state index contributed by atoms with van der Waals surface area (Å²) in [5.74, 6) is 2.50. The van der Waals surface area contributed by atoms with Gasteiger partial charge in [0.05, 0.1) is 32.6 Å². The Morgan fingerprint density at radius 2 is 2.03 bits per heavy atom. The number of hydrogen-bond acceptors (Lipinski definition) is 6. The number of aliphatic imine (C=N–C) groups is 1. The van der Waals surface area contributed by atoms with E-state index in [2.05, 4.69) is 26.1 Å². The van der Waals surface area contributed by atoms with Crippen LogP contribution in [0.5, 0.6) is 11.5 Å². The first-order valence-corrected chi connectivity index (χ1v) is 12.3. The highest BCUT2D eigenvalue weighted by molar-refractivity contribution is 7.16. The maximum absolute atomic E-state index is 13.3. The summed E-state index contributed by atoms with van der Waals surface area (Å²) in [4.78, 5) is 19.4. The fourth-order valence-corrected chi connectivity index (χ4v) is 5.64. The summed E-state index contributed by atoms with van der Waals surface area (Å²) in [5.41, 5.74) is 2.93. The summed E-state index contributed by atoms with van der Waals surface area (Å²) < 4.78 is 16.1. The van der Waals surface area contributed by atoms with Crippen molar-refractivity contribution in [1.29, 1.82) is 0 Å². The summed E-state index contributed by atoms with van der Waals surface area (Å²) in [6, 6.07) is 9.32. The van der Waals surface area contributed by atoms with Crippen LogP contribution in [0, 0.1) is 11.3 Å². The van der Waals surface area contributed by atoms with Gasteiger partial charge in [0.2, 0.25) is 0 Å². The number of furan rings is 1. The van der Waals surface area contributed by atoms with Crippen LogP contribution >= 0.6 is 11.3 Å². The van der Waals surface area contributed by atoms with Crippen molar-refractivity contribution in [2.45, 2.75) is 46.6 Å². The number of hydrogen-bond donors (Lipinski definition) is 1. The molecule has 1 aliphatic rings. The topological polar surface area (TPSA) is 73.1 Å². The van der Waals surface area contributed by atoms with Crippen LogP contribution in [0.25, 0.3) is 0 Å². The van der Waals surface area contributed by atoms with E-state index in [0.29, 0.717) is 29.5 Å². The Kier molecular flexibility index (Phi) is 7.12. The first-order valence-electron chi connectivity index (χ1n) is 11.5. The third-order valence-corrected chi connectivity index (χ3v) is 7.60. The summed E-state index contributed by atoms with van der Waals surface area (Å²) in [6.07, 6.45) is 6.34. The van der Waals surface area contributed by atoms with Crippen molar-refractivity contribution in [1.82, 2.24) is 5.32 Å². The molecular weight excluding hydrogens is 448 g/mol. The fourth-order valence-electron chi connectivity index (χ4n) is 4.37. The zero-order valence-electron chi connectivity index (χ0n) is 20.4. The Morgan fingerprint density at radius 1 is 1.24 bits per heavy atom. The smallest absolute Gasteiger partial charge is 0.255 e. The van der Waals surface area contributed by atoms with Gasteiger partial charge in [-0.3, -0.25) is 4.79 Å². The molecular formula is C27H32N2O4S. The van der Waals surface area contributed by atoms with E-state index in [4.69, 9.17) is 18.9 Å². The first kappa shape index (κ1) is 24.1. The van der Waals surface area contributed by atoms with Gasteiger partial charge in [-0.1, -0.05) is 20.8 Å². The second kappa shape index (κ2) is 10.1. The molecule has 180 valence electrons. The Morgan fingerprint density at radius 3 is 2.71 bits per heavy atom. The number of nitrogens with one attached hydrogen (secondary N) is 1. The monoisotopic (exact) mass is 480 g/mol. The molecule has 1 atom stereocenters. The molecule has 7 heteroatoms. The molecule has 0 radical (unpaired) electrons. The molecule has 0 spiro atoms. The average molecular weight is 481 g/mol. The van der Waals surface area contributed by atoms with Crippen LogP contribution in [0.15, 0.2) is 46.0 Å². The van der Waals surface area contributed by atoms with Gasteiger partial charge in [-0.2, -0.15) is 0 Å². The van der Waals surface area contributed by atoms with Gasteiger partial charge in [0.1, 0.15) is 10.8 Å². The number of thiophene rings is 1. The third-order valence-electron chi connectivity index (χ3n) is 6.44. The van der Waals surface area contributed by atoms with Crippen LogP contribution in [-0.2, 0) is 19.4 Å². The number of rotatable bonds is 7. The number of carbonyl (C=O) groups excluding carboxylic acids is 1. The predicted octanol–water partition coefficient (Wildman–Crippen LogP) is 6.19. The maximum Gasteiger partial charge on any atom is 0.255 e. The van der Waals surface area contributed by atoms with E-state index in [0.717, 1.165) is 41.2 Å². The van der Waals surface area contributed by atoms with Crippen molar-refractivity contribution in [2.24, 2.45) is 16.3 Å². The normalized spacial score (nSPS) is 15.9. The Bertz CT molecular complexity index is 1170.